The van der Waals surface area contributed by atoms with Crippen LogP contribution in [0.3, 0.4) is 0 Å². The minimum Gasteiger partial charge on any atom is -0.493 e. The van der Waals surface area contributed by atoms with E-state index in [9.17, 15) is 27.2 Å². The Balaban J connectivity index is 1.45. The van der Waals surface area contributed by atoms with E-state index in [4.69, 9.17) is 4.74 Å². The number of alkyl halides is 4. The van der Waals surface area contributed by atoms with Crippen molar-refractivity contribution in [2.45, 2.75) is 70.4 Å². The van der Waals surface area contributed by atoms with Crippen molar-refractivity contribution in [3.8, 4) is 17.0 Å². The summed E-state index contributed by atoms with van der Waals surface area (Å²) in [6, 6.07) is 2.22. The van der Waals surface area contributed by atoms with Gasteiger partial charge in [-0.1, -0.05) is 0 Å². The van der Waals surface area contributed by atoms with Crippen LogP contribution in [0.2, 0.25) is 0 Å². The molecule has 3 atom stereocenters. The molecule has 0 unspecified atom stereocenters. The average molecular weight is 548 g/mol. The van der Waals surface area contributed by atoms with E-state index in [1.807, 2.05) is 0 Å². The molecule has 0 bridgehead atoms. The Labute approximate surface area is 221 Å². The number of hydrogen-bond acceptors (Lipinski definition) is 5. The molecule has 2 fully saturated rings. The van der Waals surface area contributed by atoms with Gasteiger partial charge in [-0.25, -0.2) is 14.4 Å². The van der Waals surface area contributed by atoms with E-state index in [1.54, 1.807) is 6.92 Å². The number of carbonyl (C=O) groups excluding carboxylic acids is 2. The average Bonchev–Trinajstić information content (AvgIpc) is 3.63. The zero-order valence-corrected chi connectivity index (χ0v) is 21.5. The number of aromatic nitrogens is 3. The van der Waals surface area contributed by atoms with Crippen LogP contribution in [0.25, 0.3) is 22.3 Å². The number of nitrogens with zero attached hydrogens (tertiary/aromatic N) is 2. The molecule has 0 aliphatic heterocycles. The van der Waals surface area contributed by atoms with Crippen molar-refractivity contribution in [3.05, 3.63) is 41.3 Å². The number of H-pyrrole nitrogens is 1. The Morgan fingerprint density at radius 2 is 1.90 bits per heavy atom. The normalized spacial score (nSPS) is 21.5. The smallest absolute Gasteiger partial charge is 0.416 e. The first kappa shape index (κ1) is 26.9. The van der Waals surface area contributed by atoms with Crippen molar-refractivity contribution in [1.29, 1.82) is 0 Å². The lowest BCUT2D eigenvalue weighted by molar-refractivity contribution is -0.137. The molecule has 3 aromatic rings. The zero-order valence-electron chi connectivity index (χ0n) is 21.5. The third-order valence-electron chi connectivity index (χ3n) is 7.23. The SMILES string of the molecule is CC(=O)N[C@H]1CC[C@@H](NC(=O)c2c(C)[nH]c3c(-c4cc(C(F)(F)F)ccc4OCC4CC4)ncnc23)C[C@H]1F. The fourth-order valence-corrected chi connectivity index (χ4v) is 5.04. The number of carbonyl (C=O) groups is 2. The van der Waals surface area contributed by atoms with Crippen molar-refractivity contribution in [1.82, 2.24) is 25.6 Å². The number of nitrogens with one attached hydrogen (secondary N) is 3. The number of amides is 2. The lowest BCUT2D eigenvalue weighted by Gasteiger charge is -2.32. The summed E-state index contributed by atoms with van der Waals surface area (Å²) in [5, 5.41) is 5.45. The molecule has 5 rings (SSSR count). The second-order valence-electron chi connectivity index (χ2n) is 10.3. The van der Waals surface area contributed by atoms with Crippen molar-refractivity contribution in [2.75, 3.05) is 6.61 Å². The molecule has 1 aromatic carbocycles. The summed E-state index contributed by atoms with van der Waals surface area (Å²) in [5.74, 6) is -0.145. The van der Waals surface area contributed by atoms with E-state index < -0.39 is 35.9 Å². The molecular formula is C27H29F4N5O3. The molecule has 2 saturated carbocycles. The van der Waals surface area contributed by atoms with E-state index in [0.717, 1.165) is 25.0 Å². The van der Waals surface area contributed by atoms with Gasteiger partial charge >= 0.3 is 6.18 Å². The number of halogens is 4. The minimum absolute atomic E-state index is 0.0459. The molecule has 2 aromatic heterocycles. The van der Waals surface area contributed by atoms with Crippen molar-refractivity contribution in [3.63, 3.8) is 0 Å². The van der Waals surface area contributed by atoms with Crippen LogP contribution < -0.4 is 15.4 Å². The van der Waals surface area contributed by atoms with Crippen LogP contribution in [0.15, 0.2) is 24.5 Å². The standard InChI is InChI=1S/C27H29F4N5O3/c1-13-22(26(38)36-17-6-7-20(19(28)10-17)35-14(2)37)24-25(34-13)23(32-12-33-24)18-9-16(27(29,30)31)5-8-21(18)39-11-15-3-4-15/h5,8-9,12,15,17,19-20,34H,3-4,6-7,10-11H2,1-2H3,(H,35,37)(H,36,38)/t17-,19-,20+/m1/s1. The number of rotatable bonds is 7. The lowest BCUT2D eigenvalue weighted by atomic mass is 9.89. The van der Waals surface area contributed by atoms with Crippen LogP contribution in [0.1, 0.15) is 60.6 Å². The second kappa shape index (κ2) is 10.5. The van der Waals surface area contributed by atoms with Crippen LogP contribution in [0, 0.1) is 12.8 Å². The number of fused-ring (bicyclic) bond motifs is 1. The van der Waals surface area contributed by atoms with Crippen molar-refractivity contribution >= 4 is 22.8 Å². The first-order chi connectivity index (χ1) is 18.5. The zero-order chi connectivity index (χ0) is 27.9. The van der Waals surface area contributed by atoms with Gasteiger partial charge in [-0.3, -0.25) is 9.59 Å². The van der Waals surface area contributed by atoms with Gasteiger partial charge in [-0.15, -0.1) is 0 Å². The molecule has 12 heteroatoms. The molecule has 2 aliphatic carbocycles. The van der Waals surface area contributed by atoms with Gasteiger partial charge in [0.25, 0.3) is 5.91 Å². The third-order valence-corrected chi connectivity index (χ3v) is 7.23. The van der Waals surface area contributed by atoms with E-state index >= 15 is 0 Å². The van der Waals surface area contributed by atoms with E-state index in [0.29, 0.717) is 36.6 Å². The molecule has 2 aliphatic rings. The Kier molecular flexibility index (Phi) is 7.21. The maximum absolute atomic E-state index is 14.6. The summed E-state index contributed by atoms with van der Waals surface area (Å²) in [6.07, 6.45) is -1.75. The van der Waals surface area contributed by atoms with E-state index in [2.05, 4.69) is 25.6 Å². The van der Waals surface area contributed by atoms with Crippen molar-refractivity contribution in [2.24, 2.45) is 5.92 Å². The van der Waals surface area contributed by atoms with Gasteiger partial charge in [0.2, 0.25) is 5.91 Å². The second-order valence-corrected chi connectivity index (χ2v) is 10.3. The predicted molar refractivity (Wildman–Crippen MR) is 135 cm³/mol. The molecule has 8 nitrogen and oxygen atoms in total. The molecule has 0 radical (unpaired) electrons. The number of hydrogen-bond donors (Lipinski definition) is 3. The maximum atomic E-state index is 14.6. The summed E-state index contributed by atoms with van der Waals surface area (Å²) in [4.78, 5) is 36.2. The maximum Gasteiger partial charge on any atom is 0.416 e. The van der Waals surface area contributed by atoms with Crippen molar-refractivity contribution < 1.29 is 31.9 Å². The van der Waals surface area contributed by atoms with Gasteiger partial charge in [0.1, 0.15) is 29.5 Å². The van der Waals surface area contributed by atoms with E-state index in [-0.39, 0.29) is 40.4 Å². The highest BCUT2D eigenvalue weighted by Gasteiger charge is 2.34. The van der Waals surface area contributed by atoms with Gasteiger partial charge in [0.05, 0.1) is 29.3 Å². The Morgan fingerprint density at radius 1 is 1.13 bits per heavy atom. The molecule has 0 spiro atoms. The highest BCUT2D eigenvalue weighted by Crippen LogP contribution is 2.40. The monoisotopic (exact) mass is 547 g/mol. The number of aryl methyl sites for hydroxylation is 1. The summed E-state index contributed by atoms with van der Waals surface area (Å²) >= 11 is 0. The van der Waals surface area contributed by atoms with E-state index in [1.165, 1.54) is 19.3 Å². The van der Waals surface area contributed by atoms with Gasteiger partial charge in [-0.2, -0.15) is 13.2 Å². The van der Waals surface area contributed by atoms with Crippen LogP contribution in [-0.4, -0.2) is 51.6 Å². The van der Waals surface area contributed by atoms with Gasteiger partial charge in [0.15, 0.2) is 0 Å². The molecule has 3 N–H and O–H groups in total. The third kappa shape index (κ3) is 5.84. The van der Waals surface area contributed by atoms with Crippen LogP contribution in [-0.2, 0) is 11.0 Å². The Morgan fingerprint density at radius 3 is 2.56 bits per heavy atom. The highest BCUT2D eigenvalue weighted by molar-refractivity contribution is 6.09. The van der Waals surface area contributed by atoms with Gasteiger partial charge in [0, 0.05) is 30.6 Å². The van der Waals surface area contributed by atoms with Gasteiger partial charge in [-0.05, 0) is 56.7 Å². The molecular weight excluding hydrogens is 518 g/mol. The summed E-state index contributed by atoms with van der Waals surface area (Å²) < 4.78 is 61.2. The molecule has 2 heterocycles. The van der Waals surface area contributed by atoms with Crippen LogP contribution in [0.5, 0.6) is 5.75 Å². The van der Waals surface area contributed by atoms with Crippen LogP contribution >= 0.6 is 0 Å². The first-order valence-corrected chi connectivity index (χ1v) is 12.9. The quantitative estimate of drug-likeness (QED) is 0.366. The lowest BCUT2D eigenvalue weighted by Crippen LogP contribution is -2.49. The molecule has 0 saturated heterocycles. The summed E-state index contributed by atoms with van der Waals surface area (Å²) in [5.41, 5.74) is 0.667. The highest BCUT2D eigenvalue weighted by atomic mass is 19.4. The first-order valence-electron chi connectivity index (χ1n) is 12.9. The fourth-order valence-electron chi connectivity index (χ4n) is 5.04. The number of benzene rings is 1. The summed E-state index contributed by atoms with van der Waals surface area (Å²) in [7, 11) is 0. The Bertz CT molecular complexity index is 1400. The fraction of sp³-hybridized carbons (Fsp3) is 0.481. The van der Waals surface area contributed by atoms with Crippen LogP contribution in [0.4, 0.5) is 17.6 Å². The van der Waals surface area contributed by atoms with Gasteiger partial charge < -0.3 is 20.4 Å². The molecule has 208 valence electrons. The Hall–Kier alpha value is -3.70. The minimum atomic E-state index is -4.57. The largest absolute Gasteiger partial charge is 0.493 e. The number of aromatic amines is 1. The molecule has 2 amide bonds. The molecule has 39 heavy (non-hydrogen) atoms. The summed E-state index contributed by atoms with van der Waals surface area (Å²) in [6.45, 7) is 3.38. The predicted octanol–water partition coefficient (Wildman–Crippen LogP) is 4.87. The topological polar surface area (TPSA) is 109 Å². The number of ether oxygens (including phenoxy) is 1.